The van der Waals surface area contributed by atoms with Crippen LogP contribution in [0.2, 0.25) is 0 Å². The Labute approximate surface area is 352 Å². The number of ketones is 1. The van der Waals surface area contributed by atoms with Crippen LogP contribution in [0.5, 0.6) is 0 Å². The molecule has 0 aromatic heterocycles. The Morgan fingerprint density at radius 2 is 1.27 bits per heavy atom. The highest BCUT2D eigenvalue weighted by Gasteiger charge is 2.26. The van der Waals surface area contributed by atoms with Crippen LogP contribution in [-0.2, 0) is 9.59 Å². The first-order chi connectivity index (χ1) is 26.7. The molecule has 1 aliphatic rings. The number of carbonyl (C=O) groups is 2. The van der Waals surface area contributed by atoms with E-state index in [1.165, 1.54) is 20.9 Å². The van der Waals surface area contributed by atoms with Crippen LogP contribution in [0, 0.1) is 12.3 Å². The summed E-state index contributed by atoms with van der Waals surface area (Å²) in [6.45, 7) is 20.4. The van der Waals surface area contributed by atoms with Gasteiger partial charge >= 0.3 is 0 Å². The Kier molecular flexibility index (Phi) is 24.2. The van der Waals surface area contributed by atoms with Gasteiger partial charge in [0.1, 0.15) is 5.76 Å². The zero-order chi connectivity index (χ0) is 43.3. The van der Waals surface area contributed by atoms with E-state index in [0.717, 1.165) is 69.5 Å². The molecule has 0 radical (unpaired) electrons. The molecule has 302 valence electrons. The summed E-state index contributed by atoms with van der Waals surface area (Å²) in [4.78, 5) is 22.1. The lowest BCUT2D eigenvalue weighted by Crippen LogP contribution is -2.05. The Balaban J connectivity index is 0.00000227. The number of nitrogens with one attached hydrogen (secondary N) is 1. The average molecular weight is 891 g/mol. The normalized spacial score (nSPS) is 13.1. The number of rotatable bonds is 7. The van der Waals surface area contributed by atoms with Crippen molar-refractivity contribution in [3.8, 4) is 0 Å². The second-order valence-electron chi connectivity index (χ2n) is 11.8. The molecule has 0 saturated carbocycles. The summed E-state index contributed by atoms with van der Waals surface area (Å²) >= 11 is 7.29. The zero-order valence-electron chi connectivity index (χ0n) is 35.2. The van der Waals surface area contributed by atoms with Gasteiger partial charge in [0, 0.05) is 32.5 Å². The number of aliphatic hydroxyl groups is 1. The molecule has 1 aliphatic carbocycles. The molecule has 4 aromatic carbocycles. The average Bonchev–Trinajstić information content (AvgIpc) is 3.59. The van der Waals surface area contributed by atoms with E-state index in [1.54, 1.807) is 13.0 Å². The molecule has 9 heteroatoms. The number of aliphatic hydroxyl groups excluding tert-OH is 1. The van der Waals surface area contributed by atoms with Crippen molar-refractivity contribution in [2.24, 2.45) is 11.5 Å². The van der Waals surface area contributed by atoms with Gasteiger partial charge in [-0.15, -0.1) is 0 Å². The number of anilines is 1. The summed E-state index contributed by atoms with van der Waals surface area (Å²) in [7, 11) is 1.50. The minimum absolute atomic E-state index is 0.0109. The molecule has 8 N–H and O–H groups in total. The second-order valence-corrected chi connectivity index (χ2v) is 13.5. The number of allylic oxidation sites excluding steroid dienone is 10. The van der Waals surface area contributed by atoms with E-state index in [0.29, 0.717) is 29.8 Å². The van der Waals surface area contributed by atoms with E-state index in [4.69, 9.17) is 11.1 Å². The second kappa shape index (κ2) is 26.3. The fraction of sp³-hybridized carbons (Fsp3) is 0.298. The maximum Gasteiger partial charge on any atom is 0.214 e. The van der Waals surface area contributed by atoms with Gasteiger partial charge in [-0.2, -0.15) is 0 Å². The van der Waals surface area contributed by atoms with Gasteiger partial charge in [0.25, 0.3) is 0 Å². The minimum atomic E-state index is -0.333. The molecule has 4 aromatic rings. The number of carbonyl (C=O) groups excluding carboxylic acids is 2. The molecule has 0 atom stereocenters. The van der Waals surface area contributed by atoms with Gasteiger partial charge in [-0.25, -0.2) is 0 Å². The van der Waals surface area contributed by atoms with Crippen molar-refractivity contribution in [3.05, 3.63) is 139 Å². The van der Waals surface area contributed by atoms with Crippen LogP contribution in [0.15, 0.2) is 122 Å². The van der Waals surface area contributed by atoms with E-state index < -0.39 is 0 Å². The standard InChI is InChI=1S/C38H34Br2N2O2.C2H5NO.3C2H6.CH5N/c1-21(27-7-5-9-29-32(40)18-20-34(42)38(27)29)11-13-25-14-15-26(37(25)36(23(3)43)24(4)44)16-19-33(41)30-10-6-8-28-31(39)17-12-22(2)35(28)30;1-2(3)4;4*1-2/h5-13,16-20,41,43H,14-15,42H2,1-4H3;1H3,(H2,3,4);3*1-2H3;2H2,1H3/b19-16?,21-11-,25-13+,36-23?,41-33?;;;;;. The molecule has 7 nitrogen and oxygen atoms in total. The monoisotopic (exact) mass is 888 g/mol. The van der Waals surface area contributed by atoms with Crippen LogP contribution in [0.3, 0.4) is 0 Å². The quantitative estimate of drug-likeness (QED) is 0.0540. The summed E-state index contributed by atoms with van der Waals surface area (Å²) in [6.07, 6.45) is 9.23. The topological polar surface area (TPSA) is 156 Å². The van der Waals surface area contributed by atoms with Gasteiger partial charge in [0.15, 0.2) is 5.78 Å². The van der Waals surface area contributed by atoms with Crippen molar-refractivity contribution in [1.29, 1.82) is 5.41 Å². The molecule has 0 spiro atoms. The first-order valence-corrected chi connectivity index (χ1v) is 20.6. The highest BCUT2D eigenvalue weighted by atomic mass is 79.9. The fourth-order valence-corrected chi connectivity index (χ4v) is 7.00. The molecule has 0 unspecified atom stereocenters. The number of halogens is 2. The number of fused-ring (bicyclic) bond motifs is 2. The number of benzene rings is 4. The molecule has 1 amide bonds. The predicted octanol–water partition coefficient (Wildman–Crippen LogP) is 13.0. The minimum Gasteiger partial charge on any atom is -0.512 e. The van der Waals surface area contributed by atoms with Crippen molar-refractivity contribution < 1.29 is 14.7 Å². The first-order valence-electron chi connectivity index (χ1n) is 19.0. The molecular weight excluding hydrogens is 828 g/mol. The Bertz CT molecular complexity index is 2130. The molecule has 0 saturated heterocycles. The molecule has 0 heterocycles. The molecule has 5 rings (SSSR count). The van der Waals surface area contributed by atoms with E-state index in [1.807, 2.05) is 96.2 Å². The number of hydrogen-bond acceptors (Lipinski definition) is 6. The lowest BCUT2D eigenvalue weighted by Gasteiger charge is -2.13. The number of nitrogen functional groups attached to an aromatic ring is 1. The molecule has 56 heavy (non-hydrogen) atoms. The fourth-order valence-electron chi connectivity index (χ4n) is 6.08. The van der Waals surface area contributed by atoms with Crippen molar-refractivity contribution in [2.75, 3.05) is 12.8 Å². The summed E-state index contributed by atoms with van der Waals surface area (Å²) in [5.74, 6) is -0.543. The van der Waals surface area contributed by atoms with Gasteiger partial charge in [0.2, 0.25) is 5.91 Å². The number of primary amides is 1. The number of aryl methyl sites for hydroxylation is 1. The molecule has 0 aliphatic heterocycles. The van der Waals surface area contributed by atoms with Crippen molar-refractivity contribution in [2.45, 2.75) is 89.0 Å². The Morgan fingerprint density at radius 1 is 0.768 bits per heavy atom. The van der Waals surface area contributed by atoms with Crippen LogP contribution in [-0.4, -0.2) is 29.6 Å². The van der Waals surface area contributed by atoms with Crippen LogP contribution >= 0.6 is 31.9 Å². The highest BCUT2D eigenvalue weighted by Crippen LogP contribution is 2.40. The molecule has 0 fully saturated rings. The van der Waals surface area contributed by atoms with Crippen molar-refractivity contribution >= 4 is 82.1 Å². The maximum atomic E-state index is 12.8. The Morgan fingerprint density at radius 3 is 1.79 bits per heavy atom. The summed E-state index contributed by atoms with van der Waals surface area (Å²) in [6, 6.07) is 20.1. The van der Waals surface area contributed by atoms with Gasteiger partial charge in [-0.1, -0.05) is 134 Å². The molecule has 0 bridgehead atoms. The van der Waals surface area contributed by atoms with Gasteiger partial charge in [-0.05, 0) is 121 Å². The van der Waals surface area contributed by atoms with Crippen LogP contribution in [0.25, 0.3) is 27.1 Å². The van der Waals surface area contributed by atoms with E-state index >= 15 is 0 Å². The lowest BCUT2D eigenvalue weighted by molar-refractivity contribution is -0.116. The SMILES string of the molecule is CC.CC.CC.CC(=O)C(=C(C)O)C1=C(C=CC(=N)c2cccc3c(Br)ccc(C)c23)CC/C1=C\C=C(\C)c1cccc2c(Br)ccc(N)c12.CC(N)=O.CN. The van der Waals surface area contributed by atoms with Crippen LogP contribution in [0.4, 0.5) is 5.69 Å². The Hall–Kier alpha value is -4.57. The first kappa shape index (κ1) is 51.4. The predicted molar refractivity (Wildman–Crippen MR) is 251 cm³/mol. The van der Waals surface area contributed by atoms with Crippen molar-refractivity contribution in [3.63, 3.8) is 0 Å². The highest BCUT2D eigenvalue weighted by molar-refractivity contribution is 9.11. The van der Waals surface area contributed by atoms with E-state index in [9.17, 15) is 14.7 Å². The third kappa shape index (κ3) is 13.6. The summed E-state index contributed by atoms with van der Waals surface area (Å²) in [5, 5.41) is 23.7. The van der Waals surface area contributed by atoms with E-state index in [2.05, 4.69) is 81.4 Å². The van der Waals surface area contributed by atoms with Crippen LogP contribution in [0.1, 0.15) is 98.8 Å². The third-order valence-electron chi connectivity index (χ3n) is 8.19. The van der Waals surface area contributed by atoms with Crippen molar-refractivity contribution in [1.82, 2.24) is 0 Å². The summed E-state index contributed by atoms with van der Waals surface area (Å²) in [5.41, 5.74) is 23.4. The van der Waals surface area contributed by atoms with E-state index in [-0.39, 0.29) is 17.4 Å². The molecular formula is C47H62Br2N4O3. The smallest absolute Gasteiger partial charge is 0.214 e. The number of amides is 1. The number of Topliss-reactive ketones (excluding diaryl/α,β-unsaturated/α-hetero) is 1. The van der Waals surface area contributed by atoms with Gasteiger partial charge < -0.3 is 27.7 Å². The van der Waals surface area contributed by atoms with Gasteiger partial charge in [0.05, 0.1) is 11.3 Å². The number of hydrogen-bond donors (Lipinski definition) is 5. The lowest BCUT2D eigenvalue weighted by atomic mass is 9.92. The van der Waals surface area contributed by atoms with Crippen LogP contribution < -0.4 is 17.2 Å². The third-order valence-corrected chi connectivity index (χ3v) is 9.57. The number of nitrogens with two attached hydrogens (primary N) is 3. The largest absolute Gasteiger partial charge is 0.512 e. The zero-order valence-corrected chi connectivity index (χ0v) is 38.4. The maximum absolute atomic E-state index is 12.8. The summed E-state index contributed by atoms with van der Waals surface area (Å²) < 4.78 is 1.97. The van der Waals surface area contributed by atoms with Gasteiger partial charge in [-0.3, -0.25) is 9.59 Å².